The van der Waals surface area contributed by atoms with E-state index in [0.717, 1.165) is 46.5 Å². The summed E-state index contributed by atoms with van der Waals surface area (Å²) in [5.74, 6) is -0.193. The van der Waals surface area contributed by atoms with E-state index in [-0.39, 0.29) is 6.61 Å². The molecule has 0 aliphatic heterocycles. The highest BCUT2D eigenvalue weighted by Crippen LogP contribution is 2.38. The first-order valence-corrected chi connectivity index (χ1v) is 15.4. The fourth-order valence-corrected chi connectivity index (χ4v) is 5.71. The molecule has 2 aromatic carbocycles. The van der Waals surface area contributed by atoms with Gasteiger partial charge in [0.15, 0.2) is 0 Å². The number of halogens is 2. The largest absolute Gasteiger partial charge is 0.469 e. The number of rotatable bonds is 14. The van der Waals surface area contributed by atoms with Gasteiger partial charge in [0.2, 0.25) is 0 Å². The molecule has 0 bridgehead atoms. The van der Waals surface area contributed by atoms with Crippen molar-refractivity contribution in [1.82, 2.24) is 4.57 Å². The van der Waals surface area contributed by atoms with E-state index in [4.69, 9.17) is 43.2 Å². The molecule has 0 spiro atoms. The van der Waals surface area contributed by atoms with Gasteiger partial charge in [-0.25, -0.2) is 4.57 Å². The molecule has 0 aliphatic carbocycles. The van der Waals surface area contributed by atoms with Crippen LogP contribution in [0.15, 0.2) is 42.5 Å². The average molecular weight is 596 g/mol. The molecule has 0 radical (unpaired) electrons. The van der Waals surface area contributed by atoms with Gasteiger partial charge in [0.05, 0.1) is 12.2 Å². The van der Waals surface area contributed by atoms with Gasteiger partial charge in [0.1, 0.15) is 0 Å². The van der Waals surface area contributed by atoms with E-state index in [9.17, 15) is 9.36 Å². The Labute approximate surface area is 240 Å². The number of nitrogens with two attached hydrogens (primary N) is 1. The zero-order valence-electron chi connectivity index (χ0n) is 22.6. The second-order valence-corrected chi connectivity index (χ2v) is 12.1. The van der Waals surface area contributed by atoms with Gasteiger partial charge in [-0.3, -0.25) is 9.32 Å². The molecule has 1 amide bonds. The van der Waals surface area contributed by atoms with E-state index in [1.165, 1.54) is 0 Å². The molecule has 1 aromatic heterocycles. The van der Waals surface area contributed by atoms with Gasteiger partial charge in [0.25, 0.3) is 5.91 Å². The minimum absolute atomic E-state index is 0.124. The van der Waals surface area contributed by atoms with Crippen molar-refractivity contribution in [3.05, 3.63) is 80.6 Å². The maximum Gasteiger partial charge on any atom is 0.469 e. The normalized spacial score (nSPS) is 12.6. The lowest BCUT2D eigenvalue weighted by Gasteiger charge is -2.18. The standard InChI is InChI=1S/C29H37Cl2N2O5P/c1-4-6-19(2)17-26-27(22-11-7-20(3)24(31)18-22)28(29(32)34)25(14-10-21-8-12-23(30)13-9-21)33(26)15-5-16-38-39(35,36)37/h7-9,11-13,18-19H,4-6,10,14-17H2,1-3H3,(H2,32,34)(H2,35,36,37)/t19-/m0/s1. The Hall–Kier alpha value is -2.12. The fraction of sp³-hybridized carbons (Fsp3) is 0.414. The number of aryl methyl sites for hydroxylation is 2. The van der Waals surface area contributed by atoms with Crippen molar-refractivity contribution in [3.8, 4) is 11.1 Å². The lowest BCUT2D eigenvalue weighted by Crippen LogP contribution is -2.16. The first-order valence-electron chi connectivity index (χ1n) is 13.2. The fourth-order valence-electron chi connectivity index (χ4n) is 5.03. The van der Waals surface area contributed by atoms with Crippen LogP contribution in [-0.4, -0.2) is 26.9 Å². The molecule has 0 saturated carbocycles. The lowest BCUT2D eigenvalue weighted by atomic mass is 9.92. The van der Waals surface area contributed by atoms with Crippen LogP contribution in [0.25, 0.3) is 11.1 Å². The smallest absolute Gasteiger partial charge is 0.366 e. The summed E-state index contributed by atoms with van der Waals surface area (Å²) in [7, 11) is -4.59. The predicted molar refractivity (Wildman–Crippen MR) is 157 cm³/mol. The number of carbonyl (C=O) groups is 1. The Morgan fingerprint density at radius 2 is 1.79 bits per heavy atom. The molecule has 7 nitrogen and oxygen atoms in total. The maximum atomic E-state index is 13.1. The van der Waals surface area contributed by atoms with Crippen molar-refractivity contribution in [2.75, 3.05) is 6.61 Å². The molecule has 1 atom stereocenters. The van der Waals surface area contributed by atoms with Crippen LogP contribution in [0.3, 0.4) is 0 Å². The Balaban J connectivity index is 2.18. The summed E-state index contributed by atoms with van der Waals surface area (Å²) >= 11 is 12.6. The molecule has 0 unspecified atom stereocenters. The summed E-state index contributed by atoms with van der Waals surface area (Å²) in [5, 5.41) is 1.25. The van der Waals surface area contributed by atoms with Gasteiger partial charge in [-0.1, -0.05) is 74.2 Å². The predicted octanol–water partition coefficient (Wildman–Crippen LogP) is 7.13. The van der Waals surface area contributed by atoms with Crippen LogP contribution in [0.4, 0.5) is 0 Å². The number of nitrogens with zero attached hydrogens (tertiary/aromatic N) is 1. The summed E-state index contributed by atoms with van der Waals surface area (Å²) in [6, 6.07) is 13.3. The summed E-state index contributed by atoms with van der Waals surface area (Å²) in [4.78, 5) is 31.4. The van der Waals surface area contributed by atoms with Crippen LogP contribution in [0.1, 0.15) is 66.0 Å². The third-order valence-electron chi connectivity index (χ3n) is 6.86. The third-order valence-corrected chi connectivity index (χ3v) is 8.04. The van der Waals surface area contributed by atoms with Gasteiger partial charge < -0.3 is 20.1 Å². The van der Waals surface area contributed by atoms with Gasteiger partial charge in [-0.05, 0) is 73.4 Å². The Morgan fingerprint density at radius 1 is 1.10 bits per heavy atom. The summed E-state index contributed by atoms with van der Waals surface area (Å²) in [6.45, 7) is 6.53. The molecule has 10 heteroatoms. The van der Waals surface area contributed by atoms with E-state index >= 15 is 0 Å². The van der Waals surface area contributed by atoms with Crippen molar-refractivity contribution in [2.45, 2.75) is 65.8 Å². The molecule has 3 rings (SSSR count). The molecule has 0 fully saturated rings. The van der Waals surface area contributed by atoms with E-state index in [0.29, 0.717) is 53.8 Å². The Bertz CT molecular complexity index is 1330. The first kappa shape index (κ1) is 31.4. The molecule has 0 aliphatic rings. The second-order valence-electron chi connectivity index (χ2n) is 10.0. The number of benzene rings is 2. The number of primary amides is 1. The lowest BCUT2D eigenvalue weighted by molar-refractivity contribution is 0.0999. The molecule has 3 aromatic rings. The van der Waals surface area contributed by atoms with Gasteiger partial charge >= 0.3 is 7.82 Å². The Morgan fingerprint density at radius 3 is 2.38 bits per heavy atom. The number of aromatic nitrogens is 1. The maximum absolute atomic E-state index is 13.1. The zero-order chi connectivity index (χ0) is 28.7. The average Bonchev–Trinajstić information content (AvgIpc) is 3.15. The van der Waals surface area contributed by atoms with Crippen molar-refractivity contribution < 1.29 is 23.7 Å². The highest BCUT2D eigenvalue weighted by molar-refractivity contribution is 7.46. The van der Waals surface area contributed by atoms with Gasteiger partial charge in [-0.2, -0.15) is 0 Å². The molecule has 4 N–H and O–H groups in total. The number of hydrogen-bond acceptors (Lipinski definition) is 3. The molecule has 0 saturated heterocycles. The first-order chi connectivity index (χ1) is 18.4. The van der Waals surface area contributed by atoms with Crippen LogP contribution in [0.2, 0.25) is 10.0 Å². The molecular weight excluding hydrogens is 558 g/mol. The van der Waals surface area contributed by atoms with Crippen molar-refractivity contribution in [3.63, 3.8) is 0 Å². The monoisotopic (exact) mass is 594 g/mol. The highest BCUT2D eigenvalue weighted by Gasteiger charge is 2.28. The molecule has 39 heavy (non-hydrogen) atoms. The Kier molecular flexibility index (Phi) is 11.3. The van der Waals surface area contributed by atoms with Crippen LogP contribution >= 0.6 is 31.0 Å². The molecule has 1 heterocycles. The summed E-state index contributed by atoms with van der Waals surface area (Å²) < 4.78 is 18.1. The zero-order valence-corrected chi connectivity index (χ0v) is 25.0. The van der Waals surface area contributed by atoms with Crippen LogP contribution in [0.5, 0.6) is 0 Å². The summed E-state index contributed by atoms with van der Waals surface area (Å²) in [6.07, 6.45) is 4.26. The topological polar surface area (TPSA) is 115 Å². The third kappa shape index (κ3) is 8.68. The van der Waals surface area contributed by atoms with Crippen LogP contribution < -0.4 is 5.73 Å². The van der Waals surface area contributed by atoms with E-state index < -0.39 is 13.7 Å². The van der Waals surface area contributed by atoms with Crippen LogP contribution in [-0.2, 0) is 34.9 Å². The number of carbonyl (C=O) groups excluding carboxylic acids is 1. The molecule has 212 valence electrons. The van der Waals surface area contributed by atoms with E-state index in [1.807, 2.05) is 49.4 Å². The minimum atomic E-state index is -4.59. The highest BCUT2D eigenvalue weighted by atomic mass is 35.5. The van der Waals surface area contributed by atoms with Crippen molar-refractivity contribution >= 4 is 36.9 Å². The SMILES string of the molecule is CCC[C@H](C)Cc1c(-c2ccc(C)c(Cl)c2)c(C(N)=O)c(CCc2ccc(Cl)cc2)n1CCCOP(=O)(O)O. The quantitative estimate of drug-likeness (QED) is 0.136. The number of phosphoric acid groups is 1. The number of hydrogen-bond donors (Lipinski definition) is 3. The van der Waals surface area contributed by atoms with Crippen molar-refractivity contribution in [1.29, 1.82) is 0 Å². The minimum Gasteiger partial charge on any atom is -0.366 e. The van der Waals surface area contributed by atoms with E-state index in [1.54, 1.807) is 0 Å². The van der Waals surface area contributed by atoms with Gasteiger partial charge in [-0.15, -0.1) is 0 Å². The molecular formula is C29H37Cl2N2O5P. The second kappa shape index (κ2) is 14.0. The van der Waals surface area contributed by atoms with E-state index in [2.05, 4.69) is 18.4 Å². The van der Waals surface area contributed by atoms with Gasteiger partial charge in [0, 0.05) is 33.5 Å². The van der Waals surface area contributed by atoms with Crippen molar-refractivity contribution in [2.24, 2.45) is 11.7 Å². The number of amides is 1. The number of phosphoric ester groups is 1. The summed E-state index contributed by atoms with van der Waals surface area (Å²) in [5.41, 5.74) is 11.9. The van der Waals surface area contributed by atoms with Crippen LogP contribution in [0, 0.1) is 12.8 Å².